The fourth-order valence-electron chi connectivity index (χ4n) is 1.94. The van der Waals surface area contributed by atoms with Crippen molar-refractivity contribution in [2.75, 3.05) is 7.11 Å². The van der Waals surface area contributed by atoms with E-state index in [1.165, 1.54) is 12.8 Å². The molecular weight excluding hydrogens is 200 g/mol. The van der Waals surface area contributed by atoms with Crippen molar-refractivity contribution < 1.29 is 4.74 Å². The van der Waals surface area contributed by atoms with Crippen molar-refractivity contribution in [3.63, 3.8) is 0 Å². The van der Waals surface area contributed by atoms with Gasteiger partial charge in [0.05, 0.1) is 18.3 Å². The summed E-state index contributed by atoms with van der Waals surface area (Å²) in [5, 5.41) is 4.57. The molecule has 0 spiro atoms. The van der Waals surface area contributed by atoms with Gasteiger partial charge in [0.25, 0.3) is 0 Å². The van der Waals surface area contributed by atoms with E-state index in [0.717, 1.165) is 17.0 Å². The van der Waals surface area contributed by atoms with Gasteiger partial charge in [-0.05, 0) is 18.6 Å². The maximum atomic E-state index is 5.20. The summed E-state index contributed by atoms with van der Waals surface area (Å²) in [7, 11) is 1.68. The molecular formula is C13H18N2O. The van der Waals surface area contributed by atoms with Gasteiger partial charge < -0.3 is 4.74 Å². The number of aromatic nitrogens is 2. The van der Waals surface area contributed by atoms with E-state index in [2.05, 4.69) is 25.0 Å². The first-order valence-electron chi connectivity index (χ1n) is 5.78. The van der Waals surface area contributed by atoms with Gasteiger partial charge >= 0.3 is 0 Å². The quantitative estimate of drug-likeness (QED) is 0.787. The first-order chi connectivity index (χ1) is 7.74. The number of hydrogen-bond acceptors (Lipinski definition) is 2. The monoisotopic (exact) mass is 218 g/mol. The lowest BCUT2D eigenvalue weighted by Crippen LogP contribution is -1.94. The summed E-state index contributed by atoms with van der Waals surface area (Å²) in [6.45, 7) is 4.43. The van der Waals surface area contributed by atoms with Crippen molar-refractivity contribution in [1.29, 1.82) is 0 Å². The highest BCUT2D eigenvalue weighted by molar-refractivity contribution is 5.52. The summed E-state index contributed by atoms with van der Waals surface area (Å²) in [6, 6.07) is 6.08. The van der Waals surface area contributed by atoms with Crippen molar-refractivity contribution in [1.82, 2.24) is 9.61 Å². The number of hydrogen-bond donors (Lipinski definition) is 0. The van der Waals surface area contributed by atoms with Crippen molar-refractivity contribution in [3.8, 4) is 5.75 Å². The smallest absolute Gasteiger partial charge is 0.122 e. The molecule has 0 aromatic carbocycles. The van der Waals surface area contributed by atoms with Gasteiger partial charge in [0.1, 0.15) is 5.75 Å². The van der Waals surface area contributed by atoms with Crippen LogP contribution < -0.4 is 4.74 Å². The summed E-state index contributed by atoms with van der Waals surface area (Å²) < 4.78 is 7.11. The van der Waals surface area contributed by atoms with Crippen LogP contribution in [0.3, 0.4) is 0 Å². The number of rotatable bonds is 4. The van der Waals surface area contributed by atoms with Crippen LogP contribution in [0.1, 0.15) is 38.3 Å². The lowest BCUT2D eigenvalue weighted by Gasteiger charge is -2.04. The molecule has 86 valence electrons. The fourth-order valence-corrected chi connectivity index (χ4v) is 1.94. The van der Waals surface area contributed by atoms with Gasteiger partial charge in [-0.1, -0.05) is 20.3 Å². The van der Waals surface area contributed by atoms with E-state index >= 15 is 0 Å². The van der Waals surface area contributed by atoms with Crippen LogP contribution in [0.4, 0.5) is 0 Å². The average Bonchev–Trinajstić information content (AvgIpc) is 2.71. The summed E-state index contributed by atoms with van der Waals surface area (Å²) in [6.07, 6.45) is 4.32. The predicted molar refractivity (Wildman–Crippen MR) is 65.1 cm³/mol. The molecule has 2 rings (SSSR count). The van der Waals surface area contributed by atoms with Gasteiger partial charge in [-0.15, -0.1) is 0 Å². The summed E-state index contributed by atoms with van der Waals surface area (Å²) in [4.78, 5) is 0. The Bertz CT molecular complexity index is 476. The molecule has 0 unspecified atom stereocenters. The highest BCUT2D eigenvalue weighted by Crippen LogP contribution is 2.22. The molecule has 0 amide bonds. The molecule has 0 aliphatic heterocycles. The number of fused-ring (bicyclic) bond motifs is 1. The second-order valence-corrected chi connectivity index (χ2v) is 4.19. The predicted octanol–water partition coefficient (Wildman–Crippen LogP) is 3.25. The van der Waals surface area contributed by atoms with Crippen LogP contribution in [-0.4, -0.2) is 16.7 Å². The van der Waals surface area contributed by atoms with Crippen LogP contribution in [0.2, 0.25) is 0 Å². The van der Waals surface area contributed by atoms with Crippen molar-refractivity contribution in [2.24, 2.45) is 0 Å². The minimum absolute atomic E-state index is 0.524. The maximum Gasteiger partial charge on any atom is 0.122 e. The molecule has 1 atom stereocenters. The highest BCUT2D eigenvalue weighted by Gasteiger charge is 2.09. The van der Waals surface area contributed by atoms with Crippen molar-refractivity contribution in [3.05, 3.63) is 30.1 Å². The molecule has 0 N–H and O–H groups in total. The lowest BCUT2D eigenvalue weighted by molar-refractivity contribution is 0.414. The van der Waals surface area contributed by atoms with Gasteiger partial charge in [-0.25, -0.2) is 4.52 Å². The molecule has 0 radical (unpaired) electrons. The van der Waals surface area contributed by atoms with Crippen molar-refractivity contribution in [2.45, 2.75) is 32.6 Å². The fraction of sp³-hybridized carbons (Fsp3) is 0.462. The van der Waals surface area contributed by atoms with E-state index in [1.54, 1.807) is 7.11 Å². The van der Waals surface area contributed by atoms with Gasteiger partial charge in [-0.2, -0.15) is 5.10 Å². The Morgan fingerprint density at radius 2 is 2.25 bits per heavy atom. The Hall–Kier alpha value is -1.51. The van der Waals surface area contributed by atoms with Crippen molar-refractivity contribution >= 4 is 5.52 Å². The number of methoxy groups -OCH3 is 1. The van der Waals surface area contributed by atoms with E-state index in [0.29, 0.717) is 5.92 Å². The highest BCUT2D eigenvalue weighted by atomic mass is 16.5. The molecule has 0 aliphatic carbocycles. The average molecular weight is 218 g/mol. The lowest BCUT2D eigenvalue weighted by atomic mass is 10.0. The Morgan fingerprint density at radius 1 is 1.44 bits per heavy atom. The van der Waals surface area contributed by atoms with Gasteiger partial charge in [0.15, 0.2) is 0 Å². The number of ether oxygens (including phenoxy) is 1. The largest absolute Gasteiger partial charge is 0.497 e. The van der Waals surface area contributed by atoms with E-state index in [-0.39, 0.29) is 0 Å². The molecule has 16 heavy (non-hydrogen) atoms. The molecule has 3 nitrogen and oxygen atoms in total. The molecule has 2 heterocycles. The van der Waals surface area contributed by atoms with Crippen LogP contribution in [-0.2, 0) is 0 Å². The van der Waals surface area contributed by atoms with Gasteiger partial charge in [0.2, 0.25) is 0 Å². The number of pyridine rings is 1. The van der Waals surface area contributed by atoms with Gasteiger partial charge in [-0.3, -0.25) is 0 Å². The Balaban J connectivity index is 2.35. The molecule has 2 aromatic heterocycles. The minimum Gasteiger partial charge on any atom is -0.497 e. The van der Waals surface area contributed by atoms with E-state index in [4.69, 9.17) is 4.74 Å². The molecule has 0 saturated carbocycles. The van der Waals surface area contributed by atoms with Crippen LogP contribution in [0, 0.1) is 0 Å². The normalized spacial score (nSPS) is 12.9. The van der Waals surface area contributed by atoms with Gasteiger partial charge in [0, 0.05) is 18.2 Å². The standard InChI is InChI=1S/C13H18N2O/c1-4-5-10(2)13-9-11-8-12(16-3)6-7-15(11)14-13/h6-10H,4-5H2,1-3H3/t10-/m0/s1. The third-order valence-electron chi connectivity index (χ3n) is 2.92. The minimum atomic E-state index is 0.524. The first kappa shape index (κ1) is 11.0. The van der Waals surface area contributed by atoms with E-state index < -0.39 is 0 Å². The summed E-state index contributed by atoms with van der Waals surface area (Å²) in [5.41, 5.74) is 2.26. The van der Waals surface area contributed by atoms with Crippen LogP contribution in [0.15, 0.2) is 24.4 Å². The Kier molecular flexibility index (Phi) is 3.13. The Labute approximate surface area is 96.0 Å². The molecule has 0 bridgehead atoms. The van der Waals surface area contributed by atoms with Crippen LogP contribution >= 0.6 is 0 Å². The third kappa shape index (κ3) is 2.03. The molecule has 0 aliphatic rings. The summed E-state index contributed by atoms with van der Waals surface area (Å²) in [5.74, 6) is 1.40. The zero-order valence-corrected chi connectivity index (χ0v) is 10.1. The topological polar surface area (TPSA) is 26.5 Å². The number of nitrogens with zero attached hydrogens (tertiary/aromatic N) is 2. The maximum absolute atomic E-state index is 5.20. The molecule has 0 saturated heterocycles. The molecule has 2 aromatic rings. The summed E-state index contributed by atoms with van der Waals surface area (Å²) >= 11 is 0. The Morgan fingerprint density at radius 3 is 2.94 bits per heavy atom. The van der Waals surface area contributed by atoms with E-state index in [1.807, 2.05) is 22.8 Å². The van der Waals surface area contributed by atoms with Crippen LogP contribution in [0.5, 0.6) is 5.75 Å². The third-order valence-corrected chi connectivity index (χ3v) is 2.92. The van der Waals surface area contributed by atoms with E-state index in [9.17, 15) is 0 Å². The second-order valence-electron chi connectivity index (χ2n) is 4.19. The zero-order valence-electron chi connectivity index (χ0n) is 10.1. The molecule has 0 fully saturated rings. The van der Waals surface area contributed by atoms with Crippen LogP contribution in [0.25, 0.3) is 5.52 Å². The SMILES string of the molecule is CCC[C@H](C)c1cc2cc(OC)ccn2n1. The first-order valence-corrected chi connectivity index (χ1v) is 5.78. The second kappa shape index (κ2) is 4.56. The zero-order chi connectivity index (χ0) is 11.5. The molecule has 3 heteroatoms.